The molecule has 3 unspecified atom stereocenters. The highest BCUT2D eigenvalue weighted by molar-refractivity contribution is 5.24. The molecule has 1 heterocycles. The van der Waals surface area contributed by atoms with Gasteiger partial charge in [-0.15, -0.1) is 0 Å². The molecular formula is C19H27N. The number of hydrogen-bond acceptors (Lipinski definition) is 1. The molecule has 1 nitrogen and oxygen atoms in total. The number of nitrogens with one attached hydrogen (secondary N) is 1. The Morgan fingerprint density at radius 3 is 2.60 bits per heavy atom. The molecular weight excluding hydrogens is 242 g/mol. The third-order valence-corrected chi connectivity index (χ3v) is 6.30. The Bertz CT molecular complexity index is 446. The number of hydrogen-bond donors (Lipinski definition) is 1. The summed E-state index contributed by atoms with van der Waals surface area (Å²) in [6.45, 7) is 2.43. The van der Waals surface area contributed by atoms with Gasteiger partial charge in [0.15, 0.2) is 0 Å². The van der Waals surface area contributed by atoms with Crippen LogP contribution in [0.5, 0.6) is 0 Å². The summed E-state index contributed by atoms with van der Waals surface area (Å²) in [5.74, 6) is 2.89. The summed E-state index contributed by atoms with van der Waals surface area (Å²) >= 11 is 0. The molecule has 0 aromatic heterocycles. The second kappa shape index (κ2) is 5.18. The Hall–Kier alpha value is -0.820. The first kappa shape index (κ1) is 12.9. The van der Waals surface area contributed by atoms with Crippen LogP contribution in [0, 0.1) is 17.3 Å². The van der Waals surface area contributed by atoms with Gasteiger partial charge in [-0.3, -0.25) is 0 Å². The standard InChI is InChI=1S/C19H27N/c1-2-5-16(6-3-1)18-14-20-12-11-19(18)10-4-7-17(13-19)15-8-9-15/h1-3,5-6,15,17-18,20H,4,7-14H2. The molecule has 20 heavy (non-hydrogen) atoms. The summed E-state index contributed by atoms with van der Waals surface area (Å²) < 4.78 is 0. The highest BCUT2D eigenvalue weighted by atomic mass is 14.9. The topological polar surface area (TPSA) is 12.0 Å². The maximum absolute atomic E-state index is 3.66. The Labute approximate surface area is 123 Å². The molecule has 1 aromatic rings. The van der Waals surface area contributed by atoms with Crippen molar-refractivity contribution in [2.45, 2.75) is 50.9 Å². The van der Waals surface area contributed by atoms with Gasteiger partial charge in [-0.1, -0.05) is 43.2 Å². The van der Waals surface area contributed by atoms with E-state index in [0.717, 1.165) is 17.8 Å². The summed E-state index contributed by atoms with van der Waals surface area (Å²) in [5, 5.41) is 3.66. The first-order valence-electron chi connectivity index (χ1n) is 8.63. The second-order valence-corrected chi connectivity index (χ2v) is 7.47. The van der Waals surface area contributed by atoms with Crippen LogP contribution < -0.4 is 5.32 Å². The second-order valence-electron chi connectivity index (χ2n) is 7.47. The Balaban J connectivity index is 1.62. The molecule has 0 bridgehead atoms. The fourth-order valence-corrected chi connectivity index (χ4v) is 5.09. The van der Waals surface area contributed by atoms with Crippen molar-refractivity contribution in [1.82, 2.24) is 5.32 Å². The van der Waals surface area contributed by atoms with Crippen molar-refractivity contribution >= 4 is 0 Å². The summed E-state index contributed by atoms with van der Waals surface area (Å²) in [4.78, 5) is 0. The lowest BCUT2D eigenvalue weighted by atomic mass is 9.58. The van der Waals surface area contributed by atoms with Gasteiger partial charge in [-0.2, -0.15) is 0 Å². The monoisotopic (exact) mass is 269 g/mol. The highest BCUT2D eigenvalue weighted by Gasteiger charge is 2.47. The maximum atomic E-state index is 3.66. The van der Waals surface area contributed by atoms with Gasteiger partial charge in [0.1, 0.15) is 0 Å². The minimum Gasteiger partial charge on any atom is -0.316 e. The van der Waals surface area contributed by atoms with Crippen molar-refractivity contribution in [2.24, 2.45) is 17.3 Å². The van der Waals surface area contributed by atoms with Gasteiger partial charge in [0, 0.05) is 12.5 Å². The molecule has 1 aromatic carbocycles. The zero-order valence-electron chi connectivity index (χ0n) is 12.5. The molecule has 1 aliphatic heterocycles. The third kappa shape index (κ3) is 2.30. The summed E-state index contributed by atoms with van der Waals surface area (Å²) in [6.07, 6.45) is 10.4. The van der Waals surface area contributed by atoms with E-state index in [1.165, 1.54) is 58.0 Å². The fraction of sp³-hybridized carbons (Fsp3) is 0.684. The van der Waals surface area contributed by atoms with E-state index < -0.39 is 0 Å². The van der Waals surface area contributed by atoms with Crippen molar-refractivity contribution in [2.75, 3.05) is 13.1 Å². The molecule has 0 amide bonds. The van der Waals surface area contributed by atoms with E-state index in [1.807, 2.05) is 0 Å². The maximum Gasteiger partial charge on any atom is 0.00255 e. The van der Waals surface area contributed by atoms with Crippen molar-refractivity contribution in [3.05, 3.63) is 35.9 Å². The minimum absolute atomic E-state index is 0.609. The first-order valence-corrected chi connectivity index (χ1v) is 8.63. The summed E-state index contributed by atoms with van der Waals surface area (Å²) in [6, 6.07) is 11.3. The fourth-order valence-electron chi connectivity index (χ4n) is 5.09. The van der Waals surface area contributed by atoms with Gasteiger partial charge in [-0.05, 0) is 61.5 Å². The van der Waals surface area contributed by atoms with Crippen molar-refractivity contribution in [1.29, 1.82) is 0 Å². The number of benzene rings is 1. The van der Waals surface area contributed by atoms with Crippen LogP contribution in [-0.4, -0.2) is 13.1 Å². The lowest BCUT2D eigenvalue weighted by Crippen LogP contribution is -2.46. The predicted molar refractivity (Wildman–Crippen MR) is 83.8 cm³/mol. The molecule has 1 spiro atoms. The largest absolute Gasteiger partial charge is 0.316 e. The van der Waals surface area contributed by atoms with E-state index in [2.05, 4.69) is 35.6 Å². The van der Waals surface area contributed by atoms with Crippen LogP contribution >= 0.6 is 0 Å². The van der Waals surface area contributed by atoms with Crippen LogP contribution in [0.25, 0.3) is 0 Å². The lowest BCUT2D eigenvalue weighted by Gasteiger charge is -2.50. The lowest BCUT2D eigenvalue weighted by molar-refractivity contribution is 0.0629. The van der Waals surface area contributed by atoms with Crippen molar-refractivity contribution in [3.8, 4) is 0 Å². The molecule has 3 fully saturated rings. The average Bonchev–Trinajstić information content (AvgIpc) is 3.33. The van der Waals surface area contributed by atoms with Crippen LogP contribution in [-0.2, 0) is 0 Å². The van der Waals surface area contributed by atoms with Crippen molar-refractivity contribution in [3.63, 3.8) is 0 Å². The van der Waals surface area contributed by atoms with Crippen LogP contribution in [0.1, 0.15) is 56.4 Å². The Kier molecular flexibility index (Phi) is 3.34. The molecule has 2 saturated carbocycles. The average molecular weight is 269 g/mol. The van der Waals surface area contributed by atoms with E-state index >= 15 is 0 Å². The van der Waals surface area contributed by atoms with E-state index in [0.29, 0.717) is 5.41 Å². The van der Waals surface area contributed by atoms with Gasteiger partial charge >= 0.3 is 0 Å². The van der Waals surface area contributed by atoms with Crippen molar-refractivity contribution < 1.29 is 0 Å². The van der Waals surface area contributed by atoms with E-state index in [-0.39, 0.29) is 0 Å². The van der Waals surface area contributed by atoms with Gasteiger partial charge in [0.2, 0.25) is 0 Å². The summed E-state index contributed by atoms with van der Waals surface area (Å²) in [5.41, 5.74) is 2.19. The molecule has 4 rings (SSSR count). The molecule has 1 N–H and O–H groups in total. The highest BCUT2D eigenvalue weighted by Crippen LogP contribution is 2.56. The van der Waals surface area contributed by atoms with E-state index in [9.17, 15) is 0 Å². The Morgan fingerprint density at radius 2 is 1.80 bits per heavy atom. The van der Waals surface area contributed by atoms with Gasteiger partial charge in [0.05, 0.1) is 0 Å². The van der Waals surface area contributed by atoms with Crippen LogP contribution in [0.15, 0.2) is 30.3 Å². The quantitative estimate of drug-likeness (QED) is 0.841. The molecule has 0 radical (unpaired) electrons. The van der Waals surface area contributed by atoms with Crippen LogP contribution in [0.4, 0.5) is 0 Å². The zero-order chi connectivity index (χ0) is 13.4. The normalized spacial score (nSPS) is 38.0. The van der Waals surface area contributed by atoms with Gasteiger partial charge in [-0.25, -0.2) is 0 Å². The molecule has 2 aliphatic carbocycles. The molecule has 1 saturated heterocycles. The predicted octanol–water partition coefficient (Wildman–Crippen LogP) is 4.35. The first-order chi connectivity index (χ1) is 9.87. The third-order valence-electron chi connectivity index (χ3n) is 6.30. The summed E-state index contributed by atoms with van der Waals surface area (Å²) in [7, 11) is 0. The van der Waals surface area contributed by atoms with E-state index in [1.54, 1.807) is 5.56 Å². The Morgan fingerprint density at radius 1 is 0.950 bits per heavy atom. The van der Waals surface area contributed by atoms with Gasteiger partial charge < -0.3 is 5.32 Å². The zero-order valence-corrected chi connectivity index (χ0v) is 12.5. The smallest absolute Gasteiger partial charge is 0.00255 e. The van der Waals surface area contributed by atoms with Gasteiger partial charge in [0.25, 0.3) is 0 Å². The molecule has 3 atom stereocenters. The van der Waals surface area contributed by atoms with E-state index in [4.69, 9.17) is 0 Å². The number of rotatable bonds is 2. The van der Waals surface area contributed by atoms with Crippen LogP contribution in [0.2, 0.25) is 0 Å². The molecule has 3 aliphatic rings. The number of piperidine rings is 1. The molecule has 1 heteroatoms. The SMILES string of the molecule is c1ccc(C2CNCCC23CCCC(C2CC2)C3)cc1. The van der Waals surface area contributed by atoms with Crippen LogP contribution in [0.3, 0.4) is 0 Å². The molecule has 108 valence electrons. The minimum atomic E-state index is 0.609.